The van der Waals surface area contributed by atoms with Gasteiger partial charge < -0.3 is 17.0 Å². The van der Waals surface area contributed by atoms with Gasteiger partial charge >= 0.3 is 0 Å². The van der Waals surface area contributed by atoms with Gasteiger partial charge in [-0.1, -0.05) is 42.5 Å². The van der Waals surface area contributed by atoms with Crippen molar-refractivity contribution in [1.29, 1.82) is 0 Å². The number of carbonyl (C=O) groups is 1. The maximum Gasteiger partial charge on any atom is 0.266 e. The molecule has 1 heterocycles. The second-order valence-electron chi connectivity index (χ2n) is 4.23. The molecule has 3 rings (SSSR count). The molecular formula is C15H13BrN2OS. The summed E-state index contributed by atoms with van der Waals surface area (Å²) in [4.78, 5) is 16.5. The zero-order chi connectivity index (χ0) is 13.1. The Bertz CT molecular complexity index is 643. The van der Waals surface area contributed by atoms with Crippen LogP contribution in [0.1, 0.15) is 10.4 Å². The Balaban J connectivity index is 0.00000147. The van der Waals surface area contributed by atoms with Gasteiger partial charge in [0.1, 0.15) is 5.69 Å². The van der Waals surface area contributed by atoms with Gasteiger partial charge in [0.2, 0.25) is 0 Å². The van der Waals surface area contributed by atoms with Crippen molar-refractivity contribution in [3.8, 4) is 0 Å². The molecule has 0 radical (unpaired) electrons. The molecule has 0 fully saturated rings. The van der Waals surface area contributed by atoms with Crippen molar-refractivity contribution >= 4 is 34.1 Å². The van der Waals surface area contributed by atoms with Gasteiger partial charge in [0.15, 0.2) is 11.5 Å². The summed E-state index contributed by atoms with van der Waals surface area (Å²) in [6.45, 7) is 0. The first-order chi connectivity index (χ1) is 9.33. The number of nitrogens with two attached hydrogens (primary N) is 1. The molecule has 0 aliphatic carbocycles. The van der Waals surface area contributed by atoms with Gasteiger partial charge in [-0.25, -0.2) is 0 Å². The van der Waals surface area contributed by atoms with Crippen LogP contribution in [0.2, 0.25) is 0 Å². The first-order valence-electron chi connectivity index (χ1n) is 6.06. The maximum atomic E-state index is 12.0. The minimum absolute atomic E-state index is 0. The summed E-state index contributed by atoms with van der Waals surface area (Å²) in [7, 11) is 0. The van der Waals surface area contributed by atoms with Crippen molar-refractivity contribution in [3.63, 3.8) is 0 Å². The third-order valence-corrected chi connectivity index (χ3v) is 3.80. The zero-order valence-corrected chi connectivity index (χ0v) is 13.0. The number of quaternary nitrogens is 1. The lowest BCUT2D eigenvalue weighted by Crippen LogP contribution is -3.00. The Hall–Kier alpha value is -1.43. The maximum absolute atomic E-state index is 12.0. The van der Waals surface area contributed by atoms with Crippen molar-refractivity contribution in [2.24, 2.45) is 4.99 Å². The standard InChI is InChI=1S/C15H12N2OS.BrH/c18-14(11-6-2-1-3-7-11)10-19-15-16-12-8-4-5-9-13(12)17-15;/h1-9H,10H2,(H,16,17);1H. The smallest absolute Gasteiger partial charge is 0.266 e. The highest BCUT2D eigenvalue weighted by Gasteiger charge is 2.20. The molecule has 0 bridgehead atoms. The molecule has 2 aromatic rings. The lowest BCUT2D eigenvalue weighted by atomic mass is 10.2. The average molecular weight is 349 g/mol. The second-order valence-corrected chi connectivity index (χ2v) is 5.23. The number of hydrogen-bond donors (Lipinski definition) is 1. The number of benzene rings is 2. The van der Waals surface area contributed by atoms with E-state index in [0.717, 1.165) is 22.1 Å². The normalized spacial score (nSPS) is 12.3. The molecule has 2 N–H and O–H groups in total. The number of Topliss-reactive ketones (excluding diaryl/α,β-unsaturated/α-hetero) is 1. The van der Waals surface area contributed by atoms with E-state index in [0.29, 0.717) is 5.75 Å². The van der Waals surface area contributed by atoms with E-state index in [1.54, 1.807) is 0 Å². The van der Waals surface area contributed by atoms with Gasteiger partial charge in [-0.2, -0.15) is 4.99 Å². The number of aliphatic imine (C=N–C) groups is 1. The monoisotopic (exact) mass is 348 g/mol. The highest BCUT2D eigenvalue weighted by atomic mass is 79.9. The number of nitrogens with zero attached hydrogens (tertiary/aromatic N) is 1. The molecule has 0 spiro atoms. The number of para-hydroxylation sites is 2. The van der Waals surface area contributed by atoms with E-state index >= 15 is 0 Å². The molecule has 0 atom stereocenters. The molecule has 5 heteroatoms. The predicted octanol–water partition coefficient (Wildman–Crippen LogP) is -0.497. The van der Waals surface area contributed by atoms with E-state index in [9.17, 15) is 4.79 Å². The molecule has 2 aromatic carbocycles. The predicted molar refractivity (Wildman–Crippen MR) is 78.4 cm³/mol. The van der Waals surface area contributed by atoms with E-state index < -0.39 is 0 Å². The number of ketones is 1. The first-order valence-corrected chi connectivity index (χ1v) is 7.05. The minimum atomic E-state index is 0. The van der Waals surface area contributed by atoms with Crippen molar-refractivity contribution in [2.45, 2.75) is 0 Å². The molecule has 0 aromatic heterocycles. The molecule has 0 amide bonds. The number of amidine groups is 1. The summed E-state index contributed by atoms with van der Waals surface area (Å²) >= 11 is 1.49. The third kappa shape index (κ3) is 3.36. The summed E-state index contributed by atoms with van der Waals surface area (Å²) in [6.07, 6.45) is 0. The fraction of sp³-hybridized carbons (Fsp3) is 0.0667. The SMILES string of the molecule is O=C(CSC1=Nc2ccccc2[NH2+]1)c1ccccc1.[Br-]. The highest BCUT2D eigenvalue weighted by molar-refractivity contribution is 8.13. The number of hydrogen-bond acceptors (Lipinski definition) is 3. The van der Waals surface area contributed by atoms with Gasteiger partial charge in [0.25, 0.3) is 5.17 Å². The van der Waals surface area contributed by atoms with Crippen LogP contribution >= 0.6 is 11.8 Å². The Morgan fingerprint density at radius 3 is 2.50 bits per heavy atom. The lowest BCUT2D eigenvalue weighted by molar-refractivity contribution is -0.432. The Kier molecular flexibility index (Phi) is 5.11. The third-order valence-electron chi connectivity index (χ3n) is 2.89. The second kappa shape index (κ2) is 6.83. The molecule has 1 aliphatic heterocycles. The van der Waals surface area contributed by atoms with Gasteiger partial charge in [-0.05, 0) is 17.8 Å². The molecule has 1 aliphatic rings. The molecule has 0 saturated heterocycles. The van der Waals surface area contributed by atoms with Crippen LogP contribution in [0.3, 0.4) is 0 Å². The number of fused-ring (bicyclic) bond motifs is 1. The van der Waals surface area contributed by atoms with Crippen LogP contribution in [0.4, 0.5) is 11.4 Å². The van der Waals surface area contributed by atoms with E-state index in [1.807, 2.05) is 59.9 Å². The van der Waals surface area contributed by atoms with Crippen molar-refractivity contribution in [1.82, 2.24) is 0 Å². The molecule has 0 unspecified atom stereocenters. The minimum Gasteiger partial charge on any atom is -1.00 e. The fourth-order valence-corrected chi connectivity index (χ4v) is 2.74. The van der Waals surface area contributed by atoms with Gasteiger partial charge in [-0.15, -0.1) is 0 Å². The van der Waals surface area contributed by atoms with Crippen molar-refractivity contribution < 1.29 is 27.1 Å². The molecule has 102 valence electrons. The Morgan fingerprint density at radius 2 is 1.75 bits per heavy atom. The van der Waals surface area contributed by atoms with Crippen LogP contribution in [-0.4, -0.2) is 16.7 Å². The van der Waals surface area contributed by atoms with Crippen LogP contribution in [0.25, 0.3) is 0 Å². The largest absolute Gasteiger partial charge is 1.00 e. The van der Waals surface area contributed by atoms with Crippen molar-refractivity contribution in [3.05, 3.63) is 60.2 Å². The van der Waals surface area contributed by atoms with E-state index in [2.05, 4.69) is 4.99 Å². The average Bonchev–Trinajstić information content (AvgIpc) is 2.88. The molecule has 3 nitrogen and oxygen atoms in total. The van der Waals surface area contributed by atoms with Crippen LogP contribution < -0.4 is 22.3 Å². The molecule has 20 heavy (non-hydrogen) atoms. The number of thioether (sulfide) groups is 1. The van der Waals surface area contributed by atoms with E-state index in [1.165, 1.54) is 11.8 Å². The summed E-state index contributed by atoms with van der Waals surface area (Å²) in [5.74, 6) is 0.561. The van der Waals surface area contributed by atoms with Crippen LogP contribution in [-0.2, 0) is 0 Å². The summed E-state index contributed by atoms with van der Waals surface area (Å²) in [5, 5.41) is 2.93. The zero-order valence-electron chi connectivity index (χ0n) is 10.6. The Labute approximate surface area is 132 Å². The molecule has 0 saturated carbocycles. The number of rotatable bonds is 3. The van der Waals surface area contributed by atoms with Gasteiger partial charge in [0.05, 0.1) is 5.75 Å². The summed E-state index contributed by atoms with van der Waals surface area (Å²) < 4.78 is 0. The highest BCUT2D eigenvalue weighted by Crippen LogP contribution is 2.25. The van der Waals surface area contributed by atoms with E-state index in [4.69, 9.17) is 0 Å². The van der Waals surface area contributed by atoms with Crippen LogP contribution in [0, 0.1) is 0 Å². The van der Waals surface area contributed by atoms with Crippen molar-refractivity contribution in [2.75, 3.05) is 5.75 Å². The van der Waals surface area contributed by atoms with Gasteiger partial charge in [-0.3, -0.25) is 10.1 Å². The summed E-state index contributed by atoms with van der Waals surface area (Å²) in [5.41, 5.74) is 2.86. The topological polar surface area (TPSA) is 46.0 Å². The number of halogens is 1. The van der Waals surface area contributed by atoms with Gasteiger partial charge in [0, 0.05) is 11.6 Å². The Morgan fingerprint density at radius 1 is 1.05 bits per heavy atom. The fourth-order valence-electron chi connectivity index (χ4n) is 1.92. The summed E-state index contributed by atoms with van der Waals surface area (Å²) in [6, 6.07) is 17.3. The quantitative estimate of drug-likeness (QED) is 0.600. The van der Waals surface area contributed by atoms with E-state index in [-0.39, 0.29) is 22.8 Å². The van der Waals surface area contributed by atoms with Crippen LogP contribution in [0.15, 0.2) is 59.6 Å². The number of carbonyl (C=O) groups excluding carboxylic acids is 1. The first kappa shape index (κ1) is 15.0. The van der Waals surface area contributed by atoms with Crippen LogP contribution in [0.5, 0.6) is 0 Å². The lowest BCUT2D eigenvalue weighted by Gasteiger charge is -1.99. The molecular weight excluding hydrogens is 336 g/mol.